The van der Waals surface area contributed by atoms with Crippen LogP contribution in [0.15, 0.2) is 46.7 Å². The number of methoxy groups -OCH3 is 1. The molecule has 0 saturated carbocycles. The number of thioether (sulfide) groups is 1. The summed E-state index contributed by atoms with van der Waals surface area (Å²) in [5.41, 5.74) is 5.78. The summed E-state index contributed by atoms with van der Waals surface area (Å²) in [6.45, 7) is 2.03. The van der Waals surface area contributed by atoms with Gasteiger partial charge in [-0.25, -0.2) is 0 Å². The molecule has 1 N–H and O–H groups in total. The lowest BCUT2D eigenvalue weighted by molar-refractivity contribution is -0.115. The van der Waals surface area contributed by atoms with Crippen molar-refractivity contribution in [1.29, 1.82) is 0 Å². The number of rotatable bonds is 3. The molecule has 3 heterocycles. The highest BCUT2D eigenvalue weighted by molar-refractivity contribution is 7.99. The van der Waals surface area contributed by atoms with Crippen LogP contribution in [0.1, 0.15) is 16.7 Å². The summed E-state index contributed by atoms with van der Waals surface area (Å²) in [6, 6.07) is 11.9. The number of carbonyl (C=O) groups excluding carboxylic acids is 1. The number of benzene rings is 2. The molecule has 8 heteroatoms. The molecule has 0 unspecified atom stereocenters. The number of ether oxygens (including phenoxy) is 1. The summed E-state index contributed by atoms with van der Waals surface area (Å²) in [7, 11) is 1.64. The van der Waals surface area contributed by atoms with Gasteiger partial charge in [0.15, 0.2) is 5.82 Å². The third-order valence-corrected chi connectivity index (χ3v) is 5.76. The maximum atomic E-state index is 11.6. The van der Waals surface area contributed by atoms with Crippen molar-refractivity contribution in [3.63, 3.8) is 0 Å². The Balaban J connectivity index is 1.59. The van der Waals surface area contributed by atoms with Gasteiger partial charge in [-0.05, 0) is 42.3 Å². The zero-order valence-electron chi connectivity index (χ0n) is 15.4. The van der Waals surface area contributed by atoms with Crippen molar-refractivity contribution in [2.24, 2.45) is 5.10 Å². The van der Waals surface area contributed by atoms with Crippen LogP contribution in [0.3, 0.4) is 0 Å². The van der Waals surface area contributed by atoms with Crippen LogP contribution in [0.5, 0.6) is 5.75 Å². The number of nitrogens with one attached hydrogen (secondary N) is 1. The van der Waals surface area contributed by atoms with Gasteiger partial charge in [-0.2, -0.15) is 9.78 Å². The predicted octanol–water partition coefficient (Wildman–Crippen LogP) is 3.11. The number of anilines is 1. The summed E-state index contributed by atoms with van der Waals surface area (Å²) in [4.78, 5) is 11.6. The molecular formula is C20H17N5O2S. The second-order valence-electron chi connectivity index (χ2n) is 6.75. The molecule has 3 aromatic rings. The van der Waals surface area contributed by atoms with Gasteiger partial charge in [-0.3, -0.25) is 4.79 Å². The van der Waals surface area contributed by atoms with Crippen molar-refractivity contribution in [2.75, 3.05) is 18.2 Å². The highest BCUT2D eigenvalue weighted by Gasteiger charge is 2.24. The van der Waals surface area contributed by atoms with Crippen molar-refractivity contribution < 1.29 is 9.53 Å². The summed E-state index contributed by atoms with van der Waals surface area (Å²) >= 11 is 1.59. The molecule has 0 atom stereocenters. The molecule has 2 aliphatic heterocycles. The number of aromatic nitrogens is 3. The van der Waals surface area contributed by atoms with E-state index in [-0.39, 0.29) is 5.91 Å². The van der Waals surface area contributed by atoms with Gasteiger partial charge in [-0.15, -0.1) is 10.2 Å². The second kappa shape index (κ2) is 6.49. The molecule has 0 fully saturated rings. The lowest BCUT2D eigenvalue weighted by atomic mass is 10.1. The molecular weight excluding hydrogens is 374 g/mol. The Morgan fingerprint density at radius 2 is 2.07 bits per heavy atom. The number of nitrogens with zero attached hydrogens (tertiary/aromatic N) is 4. The average Bonchev–Trinajstić information content (AvgIpc) is 3.29. The quantitative estimate of drug-likeness (QED) is 0.742. The highest BCUT2D eigenvalue weighted by atomic mass is 32.2. The molecule has 7 nitrogen and oxygen atoms in total. The Kier molecular flexibility index (Phi) is 3.94. The molecule has 0 saturated heterocycles. The Hall–Kier alpha value is -3.13. The number of aryl methyl sites for hydroxylation is 1. The van der Waals surface area contributed by atoms with E-state index in [0.717, 1.165) is 44.6 Å². The van der Waals surface area contributed by atoms with Gasteiger partial charge in [-0.1, -0.05) is 29.5 Å². The number of amides is 1. The number of hydrogen-bond donors (Lipinski definition) is 1. The third kappa shape index (κ3) is 2.77. The van der Waals surface area contributed by atoms with Gasteiger partial charge in [0.05, 0.1) is 24.8 Å². The minimum atomic E-state index is 0.0297. The predicted molar refractivity (Wildman–Crippen MR) is 108 cm³/mol. The molecule has 5 rings (SSSR count). The fourth-order valence-electron chi connectivity index (χ4n) is 3.44. The first-order chi connectivity index (χ1) is 13.6. The van der Waals surface area contributed by atoms with Crippen molar-refractivity contribution in [3.8, 4) is 17.1 Å². The van der Waals surface area contributed by atoms with Crippen LogP contribution in [-0.2, 0) is 11.2 Å². The van der Waals surface area contributed by atoms with Crippen LogP contribution in [0.4, 0.5) is 5.69 Å². The minimum absolute atomic E-state index is 0.0297. The molecule has 0 bridgehead atoms. The van der Waals surface area contributed by atoms with E-state index in [1.54, 1.807) is 23.5 Å². The first-order valence-electron chi connectivity index (χ1n) is 8.86. The van der Waals surface area contributed by atoms with Gasteiger partial charge >= 0.3 is 0 Å². The number of fused-ring (bicyclic) bond motifs is 2. The van der Waals surface area contributed by atoms with Gasteiger partial charge in [0.2, 0.25) is 11.1 Å². The molecule has 28 heavy (non-hydrogen) atoms. The zero-order chi connectivity index (χ0) is 19.3. The van der Waals surface area contributed by atoms with E-state index in [1.807, 2.05) is 43.3 Å². The Bertz CT molecular complexity index is 1150. The molecule has 0 spiro atoms. The first-order valence-corrected chi connectivity index (χ1v) is 9.85. The fraction of sp³-hybridized carbons (Fsp3) is 0.200. The summed E-state index contributed by atoms with van der Waals surface area (Å²) in [5, 5.41) is 17.1. The van der Waals surface area contributed by atoms with Crippen molar-refractivity contribution >= 4 is 29.1 Å². The number of carbonyl (C=O) groups is 1. The van der Waals surface area contributed by atoms with Gasteiger partial charge in [0.25, 0.3) is 0 Å². The SMILES string of the molecule is COc1ccc(C)cc1-c1nnc2n1N=C(c1ccc3c(c1)CC(=O)N3)CS2. The maximum absolute atomic E-state index is 11.6. The standard InChI is InChI=1S/C20H17N5O2S/c1-11-3-6-17(27-2)14(7-11)19-22-23-20-25(19)24-16(10-28-20)12-4-5-15-13(8-12)9-18(26)21-15/h3-8H,9-10H2,1-2H3,(H,21,26). The smallest absolute Gasteiger partial charge is 0.228 e. The fourth-order valence-corrected chi connectivity index (χ4v) is 4.28. The maximum Gasteiger partial charge on any atom is 0.228 e. The van der Waals surface area contributed by atoms with E-state index >= 15 is 0 Å². The van der Waals surface area contributed by atoms with Crippen LogP contribution in [0, 0.1) is 6.92 Å². The largest absolute Gasteiger partial charge is 0.496 e. The molecule has 2 aromatic carbocycles. The van der Waals surface area contributed by atoms with Crippen LogP contribution in [0.25, 0.3) is 11.4 Å². The summed E-state index contributed by atoms with van der Waals surface area (Å²) in [5.74, 6) is 2.11. The van der Waals surface area contributed by atoms with Gasteiger partial charge in [0.1, 0.15) is 5.75 Å². The molecule has 1 aromatic heterocycles. The minimum Gasteiger partial charge on any atom is -0.496 e. The third-order valence-electron chi connectivity index (χ3n) is 4.83. The van der Waals surface area contributed by atoms with E-state index in [4.69, 9.17) is 9.84 Å². The lowest BCUT2D eigenvalue weighted by Crippen LogP contribution is -2.14. The van der Waals surface area contributed by atoms with E-state index in [0.29, 0.717) is 18.0 Å². The van der Waals surface area contributed by atoms with E-state index in [1.165, 1.54) is 0 Å². The monoisotopic (exact) mass is 391 g/mol. The Labute approximate surface area is 165 Å². The second-order valence-corrected chi connectivity index (χ2v) is 7.70. The molecule has 1 amide bonds. The molecule has 2 aliphatic rings. The Morgan fingerprint density at radius 3 is 2.93 bits per heavy atom. The average molecular weight is 391 g/mol. The van der Waals surface area contributed by atoms with Crippen LogP contribution < -0.4 is 10.1 Å². The van der Waals surface area contributed by atoms with E-state index in [9.17, 15) is 4.79 Å². The Morgan fingerprint density at radius 1 is 1.18 bits per heavy atom. The van der Waals surface area contributed by atoms with Crippen LogP contribution >= 0.6 is 11.8 Å². The van der Waals surface area contributed by atoms with E-state index in [2.05, 4.69) is 15.5 Å². The van der Waals surface area contributed by atoms with Crippen molar-refractivity contribution in [3.05, 3.63) is 53.1 Å². The van der Waals surface area contributed by atoms with Gasteiger partial charge in [0, 0.05) is 11.4 Å². The van der Waals surface area contributed by atoms with E-state index < -0.39 is 0 Å². The number of hydrogen-bond acceptors (Lipinski definition) is 6. The molecule has 0 radical (unpaired) electrons. The zero-order valence-corrected chi connectivity index (χ0v) is 16.2. The highest BCUT2D eigenvalue weighted by Crippen LogP contribution is 2.34. The van der Waals surface area contributed by atoms with Crippen molar-refractivity contribution in [2.45, 2.75) is 18.5 Å². The molecule has 0 aliphatic carbocycles. The normalized spacial score (nSPS) is 14.9. The first kappa shape index (κ1) is 17.0. The molecule has 140 valence electrons. The van der Waals surface area contributed by atoms with Crippen LogP contribution in [0.2, 0.25) is 0 Å². The van der Waals surface area contributed by atoms with Crippen molar-refractivity contribution in [1.82, 2.24) is 14.9 Å². The summed E-state index contributed by atoms with van der Waals surface area (Å²) < 4.78 is 7.29. The van der Waals surface area contributed by atoms with Crippen LogP contribution in [-0.4, -0.2) is 39.4 Å². The lowest BCUT2D eigenvalue weighted by Gasteiger charge is -2.15. The van der Waals surface area contributed by atoms with Gasteiger partial charge < -0.3 is 10.1 Å². The topological polar surface area (TPSA) is 81.4 Å². The summed E-state index contributed by atoms with van der Waals surface area (Å²) in [6.07, 6.45) is 0.410.